The van der Waals surface area contributed by atoms with Crippen molar-refractivity contribution in [3.05, 3.63) is 70.8 Å². The number of carbonyl (C=O) groups excluding carboxylic acids is 1. The quantitative estimate of drug-likeness (QED) is 0.726. The van der Waals surface area contributed by atoms with Gasteiger partial charge >= 0.3 is 0 Å². The maximum atomic E-state index is 12.7. The van der Waals surface area contributed by atoms with Gasteiger partial charge in [0.1, 0.15) is 5.75 Å². The number of hydrogen-bond donors (Lipinski definition) is 1. The van der Waals surface area contributed by atoms with E-state index in [-0.39, 0.29) is 5.91 Å². The zero-order valence-corrected chi connectivity index (χ0v) is 15.4. The summed E-state index contributed by atoms with van der Waals surface area (Å²) >= 11 is 0. The van der Waals surface area contributed by atoms with Crippen molar-refractivity contribution in [1.29, 1.82) is 0 Å². The Morgan fingerprint density at radius 2 is 1.69 bits per heavy atom. The molecule has 0 saturated carbocycles. The molecule has 0 unspecified atom stereocenters. The first-order valence-corrected chi connectivity index (χ1v) is 9.10. The number of anilines is 1. The summed E-state index contributed by atoms with van der Waals surface area (Å²) < 4.78 is 5.87. The maximum Gasteiger partial charge on any atom is 0.265 e. The van der Waals surface area contributed by atoms with E-state index in [1.807, 2.05) is 32.0 Å². The van der Waals surface area contributed by atoms with E-state index in [9.17, 15) is 4.79 Å². The Balaban J connectivity index is 1.56. The third-order valence-electron chi connectivity index (χ3n) is 5.01. The average molecular weight is 345 g/mol. The predicted octanol–water partition coefficient (Wildman–Crippen LogP) is 4.96. The van der Waals surface area contributed by atoms with Crippen LogP contribution in [-0.4, -0.2) is 12.0 Å². The lowest BCUT2D eigenvalue weighted by atomic mass is 10.0. The average Bonchev–Trinajstić information content (AvgIpc) is 3.01. The van der Waals surface area contributed by atoms with Crippen LogP contribution in [0.25, 0.3) is 10.8 Å². The van der Waals surface area contributed by atoms with Crippen LogP contribution in [0.2, 0.25) is 0 Å². The van der Waals surface area contributed by atoms with Crippen molar-refractivity contribution in [2.75, 3.05) is 5.32 Å². The van der Waals surface area contributed by atoms with Crippen LogP contribution in [0.4, 0.5) is 5.69 Å². The summed E-state index contributed by atoms with van der Waals surface area (Å²) in [7, 11) is 0. The molecule has 0 radical (unpaired) electrons. The molecule has 0 bridgehead atoms. The maximum absolute atomic E-state index is 12.7. The first-order valence-electron chi connectivity index (χ1n) is 9.10. The smallest absolute Gasteiger partial charge is 0.265 e. The van der Waals surface area contributed by atoms with Gasteiger partial charge in [0.05, 0.1) is 0 Å². The second-order valence-electron chi connectivity index (χ2n) is 7.18. The van der Waals surface area contributed by atoms with Crippen LogP contribution in [0.3, 0.4) is 0 Å². The summed E-state index contributed by atoms with van der Waals surface area (Å²) in [4.78, 5) is 12.7. The highest BCUT2D eigenvalue weighted by Crippen LogP contribution is 2.35. The van der Waals surface area contributed by atoms with Crippen LogP contribution < -0.4 is 10.1 Å². The molecule has 3 aromatic rings. The molecule has 4 rings (SSSR count). The first-order chi connectivity index (χ1) is 12.5. The largest absolute Gasteiger partial charge is 0.481 e. The molecule has 26 heavy (non-hydrogen) atoms. The summed E-state index contributed by atoms with van der Waals surface area (Å²) in [5.41, 5.74) is 5.84. The number of hydrogen-bond acceptors (Lipinski definition) is 2. The SMILES string of the molecule is Cc1cc(C)cc(O[C@@H](C)C(=O)Nc2ccc3c4c(cccc24)CC3)c1. The highest BCUT2D eigenvalue weighted by molar-refractivity contribution is 6.06. The van der Waals surface area contributed by atoms with Crippen molar-refractivity contribution in [2.24, 2.45) is 0 Å². The fourth-order valence-corrected chi connectivity index (χ4v) is 3.85. The summed E-state index contributed by atoms with van der Waals surface area (Å²) in [6, 6.07) is 16.5. The van der Waals surface area contributed by atoms with E-state index < -0.39 is 6.10 Å². The van der Waals surface area contributed by atoms with Crippen LogP contribution in [0, 0.1) is 13.8 Å². The molecule has 0 saturated heterocycles. The first kappa shape index (κ1) is 16.6. The molecule has 0 heterocycles. The minimum absolute atomic E-state index is 0.136. The lowest BCUT2D eigenvalue weighted by Gasteiger charge is -2.17. The van der Waals surface area contributed by atoms with Gasteiger partial charge in [-0.2, -0.15) is 0 Å². The van der Waals surface area contributed by atoms with E-state index in [2.05, 4.69) is 35.6 Å². The van der Waals surface area contributed by atoms with Crippen LogP contribution in [0.15, 0.2) is 48.5 Å². The molecular weight excluding hydrogens is 322 g/mol. The van der Waals surface area contributed by atoms with E-state index in [0.717, 1.165) is 40.8 Å². The van der Waals surface area contributed by atoms with E-state index in [1.54, 1.807) is 6.92 Å². The summed E-state index contributed by atoms with van der Waals surface area (Å²) in [6.07, 6.45) is 1.59. The highest BCUT2D eigenvalue weighted by atomic mass is 16.5. The summed E-state index contributed by atoms with van der Waals surface area (Å²) in [5, 5.41) is 5.47. The second kappa shape index (κ2) is 6.49. The van der Waals surface area contributed by atoms with Gasteiger partial charge in [-0.05, 0) is 79.5 Å². The van der Waals surface area contributed by atoms with Crippen LogP contribution in [0.5, 0.6) is 5.75 Å². The van der Waals surface area contributed by atoms with Crippen molar-refractivity contribution < 1.29 is 9.53 Å². The van der Waals surface area contributed by atoms with E-state index in [0.29, 0.717) is 0 Å². The Bertz CT molecular complexity index is 976. The molecule has 132 valence electrons. The number of benzene rings is 3. The van der Waals surface area contributed by atoms with Crippen molar-refractivity contribution in [3.63, 3.8) is 0 Å². The third kappa shape index (κ3) is 3.05. The molecule has 3 heteroatoms. The van der Waals surface area contributed by atoms with Crippen molar-refractivity contribution in [1.82, 2.24) is 0 Å². The summed E-state index contributed by atoms with van der Waals surface area (Å²) in [6.45, 7) is 5.84. The van der Waals surface area contributed by atoms with Gasteiger partial charge in [0, 0.05) is 11.1 Å². The van der Waals surface area contributed by atoms with Gasteiger partial charge in [0.15, 0.2) is 6.10 Å². The molecule has 0 fully saturated rings. The van der Waals surface area contributed by atoms with Crippen molar-refractivity contribution in [2.45, 2.75) is 39.7 Å². The van der Waals surface area contributed by atoms with Gasteiger partial charge in [0.2, 0.25) is 0 Å². The van der Waals surface area contributed by atoms with E-state index in [4.69, 9.17) is 4.74 Å². The molecule has 0 aliphatic heterocycles. The number of carbonyl (C=O) groups is 1. The highest BCUT2D eigenvalue weighted by Gasteiger charge is 2.19. The van der Waals surface area contributed by atoms with Crippen LogP contribution in [-0.2, 0) is 17.6 Å². The zero-order valence-electron chi connectivity index (χ0n) is 15.4. The molecule has 3 nitrogen and oxygen atoms in total. The number of nitrogens with one attached hydrogen (secondary N) is 1. The molecule has 1 aliphatic carbocycles. The molecule has 3 aromatic carbocycles. The van der Waals surface area contributed by atoms with Crippen LogP contribution in [0.1, 0.15) is 29.2 Å². The molecule has 0 spiro atoms. The lowest BCUT2D eigenvalue weighted by Crippen LogP contribution is -2.30. The Morgan fingerprint density at radius 3 is 2.42 bits per heavy atom. The Hall–Kier alpha value is -2.81. The van der Waals surface area contributed by atoms with E-state index in [1.165, 1.54) is 16.5 Å². The predicted molar refractivity (Wildman–Crippen MR) is 106 cm³/mol. The fraction of sp³-hybridized carbons (Fsp3) is 0.261. The minimum Gasteiger partial charge on any atom is -0.481 e. The fourth-order valence-electron chi connectivity index (χ4n) is 3.85. The van der Waals surface area contributed by atoms with Gasteiger partial charge in [-0.3, -0.25) is 4.79 Å². The molecule has 1 aliphatic rings. The standard InChI is InChI=1S/C23H23NO2/c1-14-11-15(2)13-19(12-14)26-16(3)23(25)24-21-10-9-18-8-7-17-5-4-6-20(21)22(17)18/h4-6,9-13,16H,7-8H2,1-3H3,(H,24,25)/t16-/m0/s1. The number of rotatable bonds is 4. The molecule has 1 amide bonds. The van der Waals surface area contributed by atoms with Gasteiger partial charge in [-0.1, -0.05) is 30.3 Å². The van der Waals surface area contributed by atoms with Gasteiger partial charge in [-0.15, -0.1) is 0 Å². The zero-order chi connectivity index (χ0) is 18.3. The molecule has 1 atom stereocenters. The molecule has 1 N–H and O–H groups in total. The second-order valence-corrected chi connectivity index (χ2v) is 7.18. The van der Waals surface area contributed by atoms with Crippen molar-refractivity contribution >= 4 is 22.4 Å². The molecular formula is C23H23NO2. The third-order valence-corrected chi connectivity index (χ3v) is 5.01. The topological polar surface area (TPSA) is 38.3 Å². The van der Waals surface area contributed by atoms with Crippen molar-refractivity contribution in [3.8, 4) is 5.75 Å². The van der Waals surface area contributed by atoms with E-state index >= 15 is 0 Å². The minimum atomic E-state index is -0.570. The number of amides is 1. The summed E-state index contributed by atoms with van der Waals surface area (Å²) in [5.74, 6) is 0.591. The monoisotopic (exact) mass is 345 g/mol. The Kier molecular flexibility index (Phi) is 4.15. The van der Waals surface area contributed by atoms with Gasteiger partial charge < -0.3 is 10.1 Å². The number of aryl methyl sites for hydroxylation is 4. The van der Waals surface area contributed by atoms with Gasteiger partial charge in [-0.25, -0.2) is 0 Å². The Labute approximate surface area is 154 Å². The van der Waals surface area contributed by atoms with Crippen LogP contribution >= 0.6 is 0 Å². The Morgan fingerprint density at radius 1 is 1.00 bits per heavy atom. The van der Waals surface area contributed by atoms with Gasteiger partial charge in [0.25, 0.3) is 5.91 Å². The normalized spacial score (nSPS) is 13.7. The molecule has 0 aromatic heterocycles. The lowest BCUT2D eigenvalue weighted by molar-refractivity contribution is -0.122. The number of ether oxygens (including phenoxy) is 1.